The van der Waals surface area contributed by atoms with Crippen LogP contribution < -0.4 is 20.1 Å². The van der Waals surface area contributed by atoms with E-state index in [2.05, 4.69) is 41.6 Å². The molecule has 8 nitrogen and oxygen atoms in total. The topological polar surface area (TPSA) is 110 Å². The van der Waals surface area contributed by atoms with Gasteiger partial charge in [0.05, 0.1) is 13.2 Å². The number of carbonyl (C=O) groups is 2. The number of halogens is 1. The molecule has 3 atom stereocenters. The summed E-state index contributed by atoms with van der Waals surface area (Å²) >= 11 is 6.30. The van der Waals surface area contributed by atoms with Crippen molar-refractivity contribution >= 4 is 29.2 Å². The van der Waals surface area contributed by atoms with E-state index in [1.54, 1.807) is 12.1 Å². The van der Waals surface area contributed by atoms with Gasteiger partial charge in [-0.15, -0.1) is 0 Å². The highest BCUT2D eigenvalue weighted by atomic mass is 35.5. The van der Waals surface area contributed by atoms with Crippen LogP contribution >= 0.6 is 11.6 Å². The Balaban J connectivity index is 1.05. The van der Waals surface area contributed by atoms with Crippen molar-refractivity contribution in [2.45, 2.75) is 101 Å². The van der Waals surface area contributed by atoms with Crippen molar-refractivity contribution in [3.8, 4) is 11.5 Å². The highest BCUT2D eigenvalue weighted by molar-refractivity contribution is 6.30. The number of carbonyl (C=O) groups excluding carboxylic acids is 1. The largest absolute Gasteiger partial charge is 0.493 e. The number of nitrogens with zero attached hydrogens (tertiary/aromatic N) is 1. The molecule has 3 aromatic carbocycles. The molecule has 0 saturated heterocycles. The van der Waals surface area contributed by atoms with E-state index in [4.69, 9.17) is 21.1 Å². The number of hydrogen-bond acceptors (Lipinski definition) is 6. The zero-order chi connectivity index (χ0) is 38.4. The molecule has 4 aromatic rings. The molecule has 1 spiro atoms. The molecule has 1 fully saturated rings. The molecule has 55 heavy (non-hydrogen) atoms. The van der Waals surface area contributed by atoms with E-state index in [0.717, 1.165) is 61.3 Å². The van der Waals surface area contributed by atoms with E-state index >= 15 is 0 Å². The normalized spacial score (nSPS) is 23.3. The van der Waals surface area contributed by atoms with Crippen LogP contribution in [-0.2, 0) is 34.3 Å². The molecule has 0 radical (unpaired) electrons. The smallest absolute Gasteiger partial charge is 0.329 e. The second-order valence-corrected chi connectivity index (χ2v) is 16.6. The number of amides is 1. The molecule has 1 amide bonds. The number of carboxylic acids is 1. The first-order valence-corrected chi connectivity index (χ1v) is 20.5. The summed E-state index contributed by atoms with van der Waals surface area (Å²) in [5.41, 5.74) is 5.59. The minimum absolute atomic E-state index is 0.00938. The molecule has 0 bridgehead atoms. The average molecular weight is 764 g/mol. The van der Waals surface area contributed by atoms with Gasteiger partial charge in [-0.1, -0.05) is 67.9 Å². The lowest BCUT2D eigenvalue weighted by molar-refractivity contribution is -0.144. The standard InChI is InChI=1S/C46H54ClN3O5/c1-31(30-55-41-18-23-48-40-13-6-8-32(2)43(40)41)26-35-27-34-15-16-38(54-25-24-49-42(51)17-14-33-9-4-3-5-10-33)29-39(34)45(35)19-21-46(22-20-45,44(52)53)50-37-12-7-11-36(47)28-37/h3-5,7,9-12,15-16,18,23,28-29,31-32,35,50H,6,8,13-14,17,19-22,24-27,30H2,1-2H3,(H,49,51)(H,52,53)/t31-,32-,35?,45?,46?/m1/s1. The van der Waals surface area contributed by atoms with Gasteiger partial charge in [0.15, 0.2) is 0 Å². The van der Waals surface area contributed by atoms with E-state index in [1.807, 2.05) is 60.8 Å². The van der Waals surface area contributed by atoms with Crippen LogP contribution in [0.4, 0.5) is 5.69 Å². The number of rotatable bonds is 15. The van der Waals surface area contributed by atoms with Gasteiger partial charge in [-0.05, 0) is 140 Å². The number of aliphatic carboxylic acids is 1. The maximum atomic E-state index is 13.0. The summed E-state index contributed by atoms with van der Waals surface area (Å²) in [6.07, 6.45) is 10.7. The Morgan fingerprint density at radius 3 is 2.60 bits per heavy atom. The van der Waals surface area contributed by atoms with Crippen molar-refractivity contribution in [2.75, 3.05) is 25.1 Å². The number of benzene rings is 3. The number of anilines is 1. The van der Waals surface area contributed by atoms with Crippen LogP contribution in [0.5, 0.6) is 11.5 Å². The van der Waals surface area contributed by atoms with Crippen LogP contribution in [0.15, 0.2) is 85.1 Å². The lowest BCUT2D eigenvalue weighted by Gasteiger charge is -2.47. The first-order valence-electron chi connectivity index (χ1n) is 20.1. The SMILES string of the molecule is C[C@@H](COc1ccnc2c1[C@H](C)CCC2)CC1Cc2ccc(OCCNC(=O)CCc3ccccc3)cc2C12CCC(Nc1cccc(Cl)c1)(C(=O)O)CC2. The lowest BCUT2D eigenvalue weighted by atomic mass is 9.59. The molecule has 9 heteroatoms. The summed E-state index contributed by atoms with van der Waals surface area (Å²) in [6, 6.07) is 25.8. The Labute approximate surface area is 330 Å². The molecule has 3 aliphatic carbocycles. The molecular weight excluding hydrogens is 710 g/mol. The molecular formula is C46H54ClN3O5. The van der Waals surface area contributed by atoms with Gasteiger partial charge >= 0.3 is 5.97 Å². The van der Waals surface area contributed by atoms with Crippen LogP contribution in [-0.4, -0.2) is 47.3 Å². The fourth-order valence-electron chi connectivity index (χ4n) is 9.52. The minimum atomic E-state index is -1.10. The summed E-state index contributed by atoms with van der Waals surface area (Å²) in [6.45, 7) is 5.96. The number of aryl methyl sites for hydroxylation is 2. The molecule has 1 unspecified atom stereocenters. The summed E-state index contributed by atoms with van der Waals surface area (Å²) in [7, 11) is 0. The highest BCUT2D eigenvalue weighted by Crippen LogP contribution is 2.57. The van der Waals surface area contributed by atoms with Crippen molar-refractivity contribution in [1.82, 2.24) is 10.3 Å². The second kappa shape index (κ2) is 17.1. The number of ether oxygens (including phenoxy) is 2. The Kier molecular flexibility index (Phi) is 12.0. The molecule has 3 N–H and O–H groups in total. The van der Waals surface area contributed by atoms with Crippen LogP contribution in [0, 0.1) is 11.8 Å². The molecule has 290 valence electrons. The van der Waals surface area contributed by atoms with Gasteiger partial charge in [-0.3, -0.25) is 9.78 Å². The van der Waals surface area contributed by atoms with Crippen molar-refractivity contribution in [1.29, 1.82) is 0 Å². The van der Waals surface area contributed by atoms with E-state index in [1.165, 1.54) is 28.8 Å². The van der Waals surface area contributed by atoms with Gasteiger partial charge in [0.1, 0.15) is 23.6 Å². The molecule has 0 aliphatic heterocycles. The van der Waals surface area contributed by atoms with Gasteiger partial charge in [0, 0.05) is 34.6 Å². The fourth-order valence-corrected chi connectivity index (χ4v) is 9.71. The molecule has 1 saturated carbocycles. The summed E-state index contributed by atoms with van der Waals surface area (Å²) in [5.74, 6) is 1.97. The van der Waals surface area contributed by atoms with Crippen LogP contribution in [0.3, 0.4) is 0 Å². The Morgan fingerprint density at radius 1 is 1.00 bits per heavy atom. The Morgan fingerprint density at radius 2 is 1.82 bits per heavy atom. The van der Waals surface area contributed by atoms with Gasteiger partial charge < -0.3 is 25.2 Å². The first-order chi connectivity index (χ1) is 26.6. The van der Waals surface area contributed by atoms with Crippen molar-refractivity contribution in [3.63, 3.8) is 0 Å². The zero-order valence-corrected chi connectivity index (χ0v) is 32.9. The van der Waals surface area contributed by atoms with E-state index < -0.39 is 11.5 Å². The van der Waals surface area contributed by atoms with Crippen molar-refractivity contribution in [3.05, 3.63) is 118 Å². The summed E-state index contributed by atoms with van der Waals surface area (Å²) < 4.78 is 12.8. The number of hydrogen-bond donors (Lipinski definition) is 3. The number of fused-ring (bicyclic) bond motifs is 3. The van der Waals surface area contributed by atoms with Crippen molar-refractivity contribution < 1.29 is 24.2 Å². The third kappa shape index (κ3) is 8.80. The summed E-state index contributed by atoms with van der Waals surface area (Å²) in [5, 5.41) is 17.6. The minimum Gasteiger partial charge on any atom is -0.493 e. The van der Waals surface area contributed by atoms with Crippen LogP contribution in [0.1, 0.15) is 99.1 Å². The molecule has 1 aromatic heterocycles. The number of aromatic nitrogens is 1. The van der Waals surface area contributed by atoms with E-state index in [0.29, 0.717) is 62.3 Å². The van der Waals surface area contributed by atoms with Gasteiger partial charge in [0.25, 0.3) is 0 Å². The average Bonchev–Trinajstić information content (AvgIpc) is 3.47. The number of nitrogens with one attached hydrogen (secondary N) is 2. The number of carboxylic acid groups (broad SMARTS) is 1. The molecule has 3 aliphatic rings. The number of pyridine rings is 1. The third-order valence-electron chi connectivity index (χ3n) is 12.4. The highest BCUT2D eigenvalue weighted by Gasteiger charge is 2.54. The van der Waals surface area contributed by atoms with Crippen molar-refractivity contribution in [2.24, 2.45) is 11.8 Å². The monoisotopic (exact) mass is 763 g/mol. The van der Waals surface area contributed by atoms with Gasteiger partial charge in [-0.2, -0.15) is 0 Å². The van der Waals surface area contributed by atoms with Crippen LogP contribution in [0.2, 0.25) is 5.02 Å². The van der Waals surface area contributed by atoms with E-state index in [-0.39, 0.29) is 17.2 Å². The quantitative estimate of drug-likeness (QED) is 0.104. The Bertz CT molecular complexity index is 1960. The molecule has 1 heterocycles. The van der Waals surface area contributed by atoms with Gasteiger partial charge in [0.2, 0.25) is 5.91 Å². The van der Waals surface area contributed by atoms with Gasteiger partial charge in [-0.25, -0.2) is 4.79 Å². The second-order valence-electron chi connectivity index (χ2n) is 16.2. The lowest BCUT2D eigenvalue weighted by Crippen LogP contribution is -2.53. The Hall–Kier alpha value is -4.56. The maximum Gasteiger partial charge on any atom is 0.329 e. The first kappa shape index (κ1) is 38.7. The third-order valence-corrected chi connectivity index (χ3v) is 12.7. The summed E-state index contributed by atoms with van der Waals surface area (Å²) in [4.78, 5) is 30.2. The zero-order valence-electron chi connectivity index (χ0n) is 32.1. The maximum absolute atomic E-state index is 13.0. The molecule has 7 rings (SSSR count). The van der Waals surface area contributed by atoms with E-state index in [9.17, 15) is 14.7 Å². The predicted octanol–water partition coefficient (Wildman–Crippen LogP) is 9.33. The predicted molar refractivity (Wildman–Crippen MR) is 217 cm³/mol. The fraction of sp³-hybridized carbons (Fsp3) is 0.457. The van der Waals surface area contributed by atoms with Crippen LogP contribution in [0.25, 0.3) is 0 Å².